The van der Waals surface area contributed by atoms with Crippen LogP contribution in [0.15, 0.2) is 4.52 Å². The van der Waals surface area contributed by atoms with E-state index in [4.69, 9.17) is 10.3 Å². The van der Waals surface area contributed by atoms with Gasteiger partial charge in [-0.15, -0.1) is 0 Å². The number of aromatic nitrogens is 2. The first kappa shape index (κ1) is 12.5. The number of aliphatic hydroxyl groups excluding tert-OH is 1. The van der Waals surface area contributed by atoms with Gasteiger partial charge in [-0.25, -0.2) is 0 Å². The van der Waals surface area contributed by atoms with Crippen LogP contribution in [0.4, 0.5) is 0 Å². The van der Waals surface area contributed by atoms with Gasteiger partial charge in [0.25, 0.3) is 5.89 Å². The molecule has 1 aromatic rings. The lowest BCUT2D eigenvalue weighted by atomic mass is 10.0. The fourth-order valence-electron chi connectivity index (χ4n) is 2.51. The van der Waals surface area contributed by atoms with Gasteiger partial charge in [0.1, 0.15) is 6.10 Å². The van der Waals surface area contributed by atoms with E-state index in [2.05, 4.69) is 17.1 Å². The van der Waals surface area contributed by atoms with Crippen LogP contribution in [-0.4, -0.2) is 21.8 Å². The van der Waals surface area contributed by atoms with Crippen LogP contribution < -0.4 is 5.73 Å². The van der Waals surface area contributed by atoms with Crippen molar-refractivity contribution in [2.24, 2.45) is 11.7 Å². The molecule has 17 heavy (non-hydrogen) atoms. The van der Waals surface area contributed by atoms with Crippen molar-refractivity contribution in [3.8, 4) is 0 Å². The van der Waals surface area contributed by atoms with Gasteiger partial charge in [-0.3, -0.25) is 0 Å². The van der Waals surface area contributed by atoms with Gasteiger partial charge >= 0.3 is 0 Å². The largest absolute Gasteiger partial charge is 0.383 e. The van der Waals surface area contributed by atoms with Crippen molar-refractivity contribution in [1.82, 2.24) is 10.1 Å². The molecule has 1 saturated carbocycles. The third-order valence-electron chi connectivity index (χ3n) is 3.67. The molecular formula is C12H21N3O2. The molecule has 1 aliphatic carbocycles. The van der Waals surface area contributed by atoms with Crippen LogP contribution in [-0.2, 0) is 0 Å². The summed E-state index contributed by atoms with van der Waals surface area (Å²) >= 11 is 0. The predicted octanol–water partition coefficient (Wildman–Crippen LogP) is 1.75. The van der Waals surface area contributed by atoms with Gasteiger partial charge in [0.15, 0.2) is 5.82 Å². The molecule has 3 atom stereocenters. The molecular weight excluding hydrogens is 218 g/mol. The number of hydrogen-bond donors (Lipinski definition) is 2. The van der Waals surface area contributed by atoms with Crippen LogP contribution in [0.2, 0.25) is 0 Å². The summed E-state index contributed by atoms with van der Waals surface area (Å²) in [7, 11) is 0. The van der Waals surface area contributed by atoms with E-state index in [0.717, 1.165) is 24.6 Å². The van der Waals surface area contributed by atoms with Crippen molar-refractivity contribution in [3.63, 3.8) is 0 Å². The van der Waals surface area contributed by atoms with E-state index in [1.54, 1.807) is 0 Å². The minimum absolute atomic E-state index is 0.311. The van der Waals surface area contributed by atoms with E-state index < -0.39 is 6.10 Å². The highest BCUT2D eigenvalue weighted by Crippen LogP contribution is 2.38. The molecule has 2 rings (SSSR count). The Bertz CT molecular complexity index is 353. The summed E-state index contributed by atoms with van der Waals surface area (Å²) in [6.07, 6.45) is 4.48. The molecule has 0 saturated heterocycles. The highest BCUT2D eigenvalue weighted by molar-refractivity contribution is 5.00. The molecule has 96 valence electrons. The minimum atomic E-state index is -0.718. The van der Waals surface area contributed by atoms with Gasteiger partial charge < -0.3 is 15.4 Å². The van der Waals surface area contributed by atoms with E-state index >= 15 is 0 Å². The molecule has 1 fully saturated rings. The van der Waals surface area contributed by atoms with Crippen molar-refractivity contribution >= 4 is 0 Å². The highest BCUT2D eigenvalue weighted by Gasteiger charge is 2.29. The molecule has 0 bridgehead atoms. The lowest BCUT2D eigenvalue weighted by Crippen LogP contribution is -2.07. The Balaban J connectivity index is 1.98. The summed E-state index contributed by atoms with van der Waals surface area (Å²) in [4.78, 5) is 4.30. The monoisotopic (exact) mass is 239 g/mol. The summed E-state index contributed by atoms with van der Waals surface area (Å²) in [6, 6.07) is 0. The SMILES string of the molecule is CCC1CCC(c2noc(C(O)CCN)n2)C1. The first-order valence-corrected chi connectivity index (χ1v) is 6.46. The highest BCUT2D eigenvalue weighted by atomic mass is 16.5. The van der Waals surface area contributed by atoms with Crippen LogP contribution in [0.1, 0.15) is 62.8 Å². The van der Waals surface area contributed by atoms with Gasteiger partial charge in [-0.1, -0.05) is 18.5 Å². The lowest BCUT2D eigenvalue weighted by molar-refractivity contribution is 0.127. The zero-order valence-electron chi connectivity index (χ0n) is 10.3. The standard InChI is InChI=1S/C12H21N3O2/c1-2-8-3-4-9(7-8)11-14-12(17-15-11)10(16)5-6-13/h8-10,16H,2-7,13H2,1H3. The first-order valence-electron chi connectivity index (χ1n) is 6.46. The minimum Gasteiger partial charge on any atom is -0.383 e. The van der Waals surface area contributed by atoms with Crippen LogP contribution >= 0.6 is 0 Å². The molecule has 0 aromatic carbocycles. The third kappa shape index (κ3) is 2.84. The van der Waals surface area contributed by atoms with E-state index in [1.165, 1.54) is 12.8 Å². The molecule has 0 aliphatic heterocycles. The smallest absolute Gasteiger partial charge is 0.255 e. The Morgan fingerprint density at radius 1 is 1.53 bits per heavy atom. The topological polar surface area (TPSA) is 85.2 Å². The molecule has 3 N–H and O–H groups in total. The van der Waals surface area contributed by atoms with Gasteiger partial charge in [-0.05, 0) is 38.1 Å². The maximum Gasteiger partial charge on any atom is 0.255 e. The van der Waals surface area contributed by atoms with Crippen LogP contribution in [0.25, 0.3) is 0 Å². The number of rotatable bonds is 5. The predicted molar refractivity (Wildman–Crippen MR) is 63.3 cm³/mol. The normalized spacial score (nSPS) is 26.3. The number of hydrogen-bond acceptors (Lipinski definition) is 5. The van der Waals surface area contributed by atoms with Gasteiger partial charge in [-0.2, -0.15) is 4.98 Å². The Labute approximate surface area is 101 Å². The van der Waals surface area contributed by atoms with E-state index in [0.29, 0.717) is 24.8 Å². The molecule has 1 aromatic heterocycles. The van der Waals surface area contributed by atoms with Gasteiger partial charge in [0, 0.05) is 5.92 Å². The van der Waals surface area contributed by atoms with Gasteiger partial charge in [0.05, 0.1) is 0 Å². The lowest BCUT2D eigenvalue weighted by Gasteiger charge is -2.05. The van der Waals surface area contributed by atoms with E-state index in [-0.39, 0.29) is 0 Å². The summed E-state index contributed by atoms with van der Waals surface area (Å²) in [5.74, 6) is 2.26. The fraction of sp³-hybridized carbons (Fsp3) is 0.833. The molecule has 3 unspecified atom stereocenters. The average molecular weight is 239 g/mol. The fourth-order valence-corrected chi connectivity index (χ4v) is 2.51. The quantitative estimate of drug-likeness (QED) is 0.817. The maximum absolute atomic E-state index is 9.70. The average Bonchev–Trinajstić information content (AvgIpc) is 2.98. The van der Waals surface area contributed by atoms with E-state index in [1.807, 2.05) is 0 Å². The molecule has 5 heteroatoms. The Kier molecular flexibility index (Phi) is 4.12. The van der Waals surface area contributed by atoms with Crippen molar-refractivity contribution < 1.29 is 9.63 Å². The molecule has 5 nitrogen and oxygen atoms in total. The molecule has 1 heterocycles. The van der Waals surface area contributed by atoms with Crippen LogP contribution in [0.3, 0.4) is 0 Å². The van der Waals surface area contributed by atoms with Crippen LogP contribution in [0.5, 0.6) is 0 Å². The van der Waals surface area contributed by atoms with Crippen molar-refractivity contribution in [2.75, 3.05) is 6.54 Å². The zero-order valence-corrected chi connectivity index (χ0v) is 10.3. The molecule has 1 aliphatic rings. The second-order valence-electron chi connectivity index (χ2n) is 4.87. The first-order chi connectivity index (χ1) is 8.24. The summed E-state index contributed by atoms with van der Waals surface area (Å²) in [5, 5.41) is 13.7. The van der Waals surface area contributed by atoms with Crippen molar-refractivity contribution in [1.29, 1.82) is 0 Å². The molecule has 0 spiro atoms. The Morgan fingerprint density at radius 3 is 3.00 bits per heavy atom. The third-order valence-corrected chi connectivity index (χ3v) is 3.67. The molecule has 0 radical (unpaired) electrons. The second-order valence-corrected chi connectivity index (χ2v) is 4.87. The maximum atomic E-state index is 9.70. The summed E-state index contributed by atoms with van der Waals surface area (Å²) in [6.45, 7) is 2.64. The molecule has 0 amide bonds. The number of nitrogens with zero attached hydrogens (tertiary/aromatic N) is 2. The number of nitrogens with two attached hydrogens (primary N) is 1. The zero-order chi connectivity index (χ0) is 12.3. The van der Waals surface area contributed by atoms with E-state index in [9.17, 15) is 5.11 Å². The van der Waals surface area contributed by atoms with Crippen LogP contribution in [0, 0.1) is 5.92 Å². The Morgan fingerprint density at radius 2 is 2.35 bits per heavy atom. The Hall–Kier alpha value is -0.940. The van der Waals surface area contributed by atoms with Crippen molar-refractivity contribution in [3.05, 3.63) is 11.7 Å². The van der Waals surface area contributed by atoms with Gasteiger partial charge in [0.2, 0.25) is 0 Å². The summed E-state index contributed by atoms with van der Waals surface area (Å²) in [5.41, 5.74) is 5.38. The number of aliphatic hydroxyl groups is 1. The van der Waals surface area contributed by atoms with Crippen molar-refractivity contribution in [2.45, 2.75) is 51.0 Å². The second kappa shape index (κ2) is 5.60. The summed E-state index contributed by atoms with van der Waals surface area (Å²) < 4.78 is 5.09.